The molecule has 28 heavy (non-hydrogen) atoms. The molecular formula is C16H20F4N4O4. The topological polar surface area (TPSA) is 148 Å². The van der Waals surface area contributed by atoms with Crippen molar-refractivity contribution >= 4 is 23.6 Å². The fraction of sp³-hybridized carbons (Fsp3) is 0.375. The highest BCUT2D eigenvalue weighted by Gasteiger charge is 2.38. The molecular weight excluding hydrogens is 388 g/mol. The van der Waals surface area contributed by atoms with Crippen LogP contribution in [0.25, 0.3) is 0 Å². The fourth-order valence-electron chi connectivity index (χ4n) is 1.68. The summed E-state index contributed by atoms with van der Waals surface area (Å²) in [5.74, 6) is -3.83. The van der Waals surface area contributed by atoms with Crippen molar-refractivity contribution in [1.82, 2.24) is 5.32 Å². The molecule has 0 radical (unpaired) electrons. The van der Waals surface area contributed by atoms with Crippen molar-refractivity contribution in [2.24, 2.45) is 16.5 Å². The second-order valence-electron chi connectivity index (χ2n) is 5.25. The molecule has 1 aromatic carbocycles. The Morgan fingerprint density at radius 2 is 1.68 bits per heavy atom. The second-order valence-corrected chi connectivity index (χ2v) is 5.25. The summed E-state index contributed by atoms with van der Waals surface area (Å²) in [7, 11) is 0. The van der Waals surface area contributed by atoms with Crippen LogP contribution >= 0.6 is 0 Å². The Morgan fingerprint density at radius 1 is 1.14 bits per heavy atom. The molecule has 1 atom stereocenters. The van der Waals surface area contributed by atoms with Gasteiger partial charge in [0.25, 0.3) is 5.91 Å². The molecule has 0 aliphatic carbocycles. The van der Waals surface area contributed by atoms with Crippen LogP contribution in [0.3, 0.4) is 0 Å². The molecule has 1 rings (SSSR count). The summed E-state index contributed by atoms with van der Waals surface area (Å²) in [6.07, 6.45) is -4.31. The number of benzene rings is 1. The van der Waals surface area contributed by atoms with Gasteiger partial charge in [0.05, 0.1) is 0 Å². The summed E-state index contributed by atoms with van der Waals surface area (Å²) >= 11 is 0. The maximum absolute atomic E-state index is 12.1. The Bertz CT molecular complexity index is 681. The monoisotopic (exact) mass is 408 g/mol. The smallest absolute Gasteiger partial charge is 0.475 e. The Balaban J connectivity index is 0.000000887. The van der Waals surface area contributed by atoms with Crippen molar-refractivity contribution in [2.45, 2.75) is 25.1 Å². The number of nitrogens with two attached hydrogens (primary N) is 2. The first-order chi connectivity index (χ1) is 13.0. The molecule has 0 spiro atoms. The van der Waals surface area contributed by atoms with Gasteiger partial charge < -0.3 is 21.9 Å². The normalized spacial score (nSPS) is 12.4. The van der Waals surface area contributed by atoms with E-state index in [1.165, 1.54) is 0 Å². The van der Waals surface area contributed by atoms with Gasteiger partial charge in [-0.1, -0.05) is 18.2 Å². The quantitative estimate of drug-likeness (QED) is 0.219. The number of nitrogens with zero attached hydrogens (tertiary/aromatic N) is 1. The van der Waals surface area contributed by atoms with Gasteiger partial charge in [0.1, 0.15) is 18.6 Å². The molecule has 0 saturated carbocycles. The van der Waals surface area contributed by atoms with Gasteiger partial charge in [-0.15, -0.1) is 0 Å². The maximum Gasteiger partial charge on any atom is 0.490 e. The number of aliphatic imine (C=N–C) groups is 1. The zero-order chi connectivity index (χ0) is 21.7. The van der Waals surface area contributed by atoms with Crippen molar-refractivity contribution in [3.05, 3.63) is 35.9 Å². The third-order valence-electron chi connectivity index (χ3n) is 3.03. The van der Waals surface area contributed by atoms with Gasteiger partial charge in [0.2, 0.25) is 5.91 Å². The van der Waals surface area contributed by atoms with E-state index in [0.717, 1.165) is 0 Å². The van der Waals surface area contributed by atoms with Crippen LogP contribution in [0.2, 0.25) is 0 Å². The van der Waals surface area contributed by atoms with E-state index < -0.39 is 30.8 Å². The van der Waals surface area contributed by atoms with E-state index in [9.17, 15) is 27.2 Å². The lowest BCUT2D eigenvalue weighted by molar-refractivity contribution is -0.192. The van der Waals surface area contributed by atoms with E-state index in [1.807, 2.05) is 0 Å². The van der Waals surface area contributed by atoms with Gasteiger partial charge in [-0.3, -0.25) is 14.6 Å². The number of hydrogen-bond acceptors (Lipinski definition) is 4. The summed E-state index contributed by atoms with van der Waals surface area (Å²) in [5.41, 5.74) is 10.9. The minimum Gasteiger partial charge on any atom is -0.475 e. The van der Waals surface area contributed by atoms with Crippen LogP contribution in [-0.2, 0) is 9.59 Å². The Hall–Kier alpha value is -3.18. The van der Waals surface area contributed by atoms with Gasteiger partial charge >= 0.3 is 12.1 Å². The summed E-state index contributed by atoms with van der Waals surface area (Å²) < 4.78 is 43.8. The minimum absolute atomic E-state index is 0.0843. The number of primary amides is 1. The molecule has 0 saturated heterocycles. The Labute approximate surface area is 157 Å². The van der Waals surface area contributed by atoms with Crippen LogP contribution in [0.1, 0.15) is 23.2 Å². The molecule has 0 aromatic heterocycles. The summed E-state index contributed by atoms with van der Waals surface area (Å²) in [6, 6.07) is 7.72. The predicted molar refractivity (Wildman–Crippen MR) is 92.3 cm³/mol. The van der Waals surface area contributed by atoms with Gasteiger partial charge in [0.15, 0.2) is 0 Å². The zero-order valence-corrected chi connectivity index (χ0v) is 14.6. The van der Waals surface area contributed by atoms with Crippen LogP contribution in [0, 0.1) is 0 Å². The van der Waals surface area contributed by atoms with E-state index in [2.05, 4.69) is 10.3 Å². The maximum atomic E-state index is 12.1. The summed E-state index contributed by atoms with van der Waals surface area (Å²) in [5, 5.41) is 9.69. The van der Waals surface area contributed by atoms with Crippen molar-refractivity contribution in [3.8, 4) is 0 Å². The number of halogens is 4. The lowest BCUT2D eigenvalue weighted by Crippen LogP contribution is -2.44. The molecule has 0 heterocycles. The number of amides is 2. The number of alkyl halides is 4. The molecule has 0 aliphatic heterocycles. The molecule has 12 heteroatoms. The Kier molecular flexibility index (Phi) is 10.9. The molecule has 1 aromatic rings. The fourth-order valence-corrected chi connectivity index (χ4v) is 1.68. The number of hydrogen-bond donors (Lipinski definition) is 4. The van der Waals surface area contributed by atoms with E-state index in [4.69, 9.17) is 21.4 Å². The molecule has 0 fully saturated rings. The number of carbonyl (C=O) groups is 3. The largest absolute Gasteiger partial charge is 0.490 e. The number of aliphatic carboxylic acids is 1. The molecule has 2 amide bonds. The van der Waals surface area contributed by atoms with Gasteiger partial charge in [0, 0.05) is 12.1 Å². The van der Waals surface area contributed by atoms with Crippen molar-refractivity contribution < 1.29 is 37.1 Å². The average molecular weight is 408 g/mol. The molecule has 8 nitrogen and oxygen atoms in total. The van der Waals surface area contributed by atoms with Crippen LogP contribution in [0.15, 0.2) is 35.3 Å². The lowest BCUT2D eigenvalue weighted by atomic mass is 10.1. The highest BCUT2D eigenvalue weighted by atomic mass is 19.4. The molecule has 6 N–H and O–H groups in total. The zero-order valence-electron chi connectivity index (χ0n) is 14.6. The van der Waals surface area contributed by atoms with Crippen molar-refractivity contribution in [2.75, 3.05) is 13.2 Å². The summed E-state index contributed by atoms with van der Waals surface area (Å²) in [6.45, 7) is -0.523. The van der Waals surface area contributed by atoms with Gasteiger partial charge in [-0.2, -0.15) is 13.2 Å². The van der Waals surface area contributed by atoms with E-state index in [1.54, 1.807) is 30.3 Å². The minimum atomic E-state index is -5.08. The summed E-state index contributed by atoms with van der Waals surface area (Å²) in [4.78, 5) is 35.9. The number of carboxylic acids is 1. The number of carbonyl (C=O) groups excluding carboxylic acids is 2. The van der Waals surface area contributed by atoms with Crippen LogP contribution in [-0.4, -0.2) is 54.2 Å². The third kappa shape index (κ3) is 10.7. The predicted octanol–water partition coefficient (Wildman–Crippen LogP) is 1.01. The number of carboxylic acid groups (broad SMARTS) is 1. The molecule has 1 unspecified atom stereocenters. The van der Waals surface area contributed by atoms with Crippen LogP contribution in [0.5, 0.6) is 0 Å². The standard InChI is InChI=1S/C14H19FN4O2.C2HF3O2/c15-9-12(16)18-8-4-7-11(13(17)20)19-14(21)10-5-2-1-3-6-10;3-2(4,5)1(6)7/h1-3,5-6,11H,4,7-9H2,(H2,16,18)(H2,17,20)(H,19,21);(H,6,7). The van der Waals surface area contributed by atoms with E-state index in [0.29, 0.717) is 18.4 Å². The average Bonchev–Trinajstić information content (AvgIpc) is 2.63. The first-order valence-electron chi connectivity index (χ1n) is 7.79. The highest BCUT2D eigenvalue weighted by molar-refractivity contribution is 5.97. The van der Waals surface area contributed by atoms with Crippen LogP contribution in [0.4, 0.5) is 17.6 Å². The molecule has 156 valence electrons. The van der Waals surface area contributed by atoms with Gasteiger partial charge in [-0.05, 0) is 25.0 Å². The third-order valence-corrected chi connectivity index (χ3v) is 3.03. The Morgan fingerprint density at radius 3 is 2.11 bits per heavy atom. The SMILES string of the molecule is NC(=O)C(CCCN=C(N)CF)NC(=O)c1ccccc1.O=C(O)C(F)(F)F. The van der Waals surface area contributed by atoms with E-state index in [-0.39, 0.29) is 18.3 Å². The number of rotatable bonds is 8. The second kappa shape index (κ2) is 12.3. The first-order valence-corrected chi connectivity index (χ1v) is 7.79. The van der Waals surface area contributed by atoms with Crippen molar-refractivity contribution in [1.29, 1.82) is 0 Å². The van der Waals surface area contributed by atoms with E-state index >= 15 is 0 Å². The highest BCUT2D eigenvalue weighted by Crippen LogP contribution is 2.13. The van der Waals surface area contributed by atoms with Gasteiger partial charge in [-0.25, -0.2) is 9.18 Å². The van der Waals surface area contributed by atoms with Crippen LogP contribution < -0.4 is 16.8 Å². The lowest BCUT2D eigenvalue weighted by Gasteiger charge is -2.15. The van der Waals surface area contributed by atoms with Crippen molar-refractivity contribution in [3.63, 3.8) is 0 Å². The molecule has 0 bridgehead atoms. The molecule has 0 aliphatic rings. The number of amidine groups is 1. The first kappa shape index (κ1) is 24.8. The number of nitrogens with one attached hydrogen (secondary N) is 1.